The van der Waals surface area contributed by atoms with E-state index < -0.39 is 0 Å². The van der Waals surface area contributed by atoms with Gasteiger partial charge in [-0.2, -0.15) is 0 Å². The Hall–Kier alpha value is -2.40. The van der Waals surface area contributed by atoms with Crippen molar-refractivity contribution >= 4 is 5.65 Å². The van der Waals surface area contributed by atoms with E-state index in [1.54, 1.807) is 0 Å². The zero-order chi connectivity index (χ0) is 17.6. The Labute approximate surface area is 149 Å². The van der Waals surface area contributed by atoms with Crippen LogP contribution in [-0.4, -0.2) is 45.7 Å². The molecular formula is C20H26N4O. The van der Waals surface area contributed by atoms with Crippen LogP contribution in [0.2, 0.25) is 0 Å². The molecule has 1 aromatic carbocycles. The smallest absolute Gasteiger partial charge is 0.231 e. The van der Waals surface area contributed by atoms with Gasteiger partial charge in [-0.1, -0.05) is 38.1 Å². The van der Waals surface area contributed by atoms with E-state index in [2.05, 4.69) is 47.9 Å². The molecule has 0 saturated carbocycles. The van der Waals surface area contributed by atoms with Crippen molar-refractivity contribution in [3.8, 4) is 17.1 Å². The van der Waals surface area contributed by atoms with Gasteiger partial charge in [-0.15, -0.1) is 5.10 Å². The van der Waals surface area contributed by atoms with Crippen LogP contribution in [0.1, 0.15) is 25.8 Å². The van der Waals surface area contributed by atoms with E-state index in [9.17, 15) is 0 Å². The molecule has 0 unspecified atom stereocenters. The molecule has 0 N–H and O–H groups in total. The maximum absolute atomic E-state index is 5.86. The van der Waals surface area contributed by atoms with Gasteiger partial charge in [-0.05, 0) is 38.1 Å². The molecule has 132 valence electrons. The molecular weight excluding hydrogens is 312 g/mol. The van der Waals surface area contributed by atoms with Crippen LogP contribution in [0.25, 0.3) is 16.9 Å². The van der Waals surface area contributed by atoms with Crippen LogP contribution in [-0.2, 0) is 0 Å². The molecule has 2 heterocycles. The zero-order valence-corrected chi connectivity index (χ0v) is 15.3. The minimum absolute atomic E-state index is 0.639. The topological polar surface area (TPSA) is 42.7 Å². The average molecular weight is 338 g/mol. The number of aryl methyl sites for hydroxylation is 1. The Balaban J connectivity index is 1.74. The SMILES string of the molecule is CCN(CC)CCCOc1ccc2ncc(-c3ccccc3C)n2n1. The first-order chi connectivity index (χ1) is 12.2. The molecule has 0 bridgehead atoms. The Morgan fingerprint density at radius 2 is 1.88 bits per heavy atom. The van der Waals surface area contributed by atoms with E-state index in [-0.39, 0.29) is 0 Å². The largest absolute Gasteiger partial charge is 0.477 e. The maximum atomic E-state index is 5.86. The molecule has 5 nitrogen and oxygen atoms in total. The second-order valence-electron chi connectivity index (χ2n) is 6.13. The van der Waals surface area contributed by atoms with Gasteiger partial charge in [0, 0.05) is 18.2 Å². The van der Waals surface area contributed by atoms with Crippen LogP contribution in [0.4, 0.5) is 0 Å². The lowest BCUT2D eigenvalue weighted by Crippen LogP contribution is -2.25. The second-order valence-corrected chi connectivity index (χ2v) is 6.13. The van der Waals surface area contributed by atoms with Crippen LogP contribution in [0, 0.1) is 6.92 Å². The molecule has 0 radical (unpaired) electrons. The quantitative estimate of drug-likeness (QED) is 0.586. The van der Waals surface area contributed by atoms with Gasteiger partial charge in [0.05, 0.1) is 18.5 Å². The molecule has 0 saturated heterocycles. The maximum Gasteiger partial charge on any atom is 0.231 e. The van der Waals surface area contributed by atoms with Crippen molar-refractivity contribution in [3.05, 3.63) is 48.2 Å². The fourth-order valence-electron chi connectivity index (χ4n) is 2.98. The molecule has 5 heteroatoms. The lowest BCUT2D eigenvalue weighted by Gasteiger charge is -2.17. The lowest BCUT2D eigenvalue weighted by molar-refractivity contribution is 0.242. The highest BCUT2D eigenvalue weighted by molar-refractivity contribution is 5.66. The minimum atomic E-state index is 0.639. The van der Waals surface area contributed by atoms with E-state index >= 15 is 0 Å². The van der Waals surface area contributed by atoms with Crippen molar-refractivity contribution in [2.45, 2.75) is 27.2 Å². The van der Waals surface area contributed by atoms with Gasteiger partial charge in [0.15, 0.2) is 5.65 Å². The van der Waals surface area contributed by atoms with Crippen LogP contribution in [0.15, 0.2) is 42.6 Å². The van der Waals surface area contributed by atoms with Crippen molar-refractivity contribution in [1.82, 2.24) is 19.5 Å². The average Bonchev–Trinajstić information content (AvgIpc) is 3.05. The van der Waals surface area contributed by atoms with Crippen LogP contribution in [0.3, 0.4) is 0 Å². The summed E-state index contributed by atoms with van der Waals surface area (Å²) in [5.41, 5.74) is 4.16. The van der Waals surface area contributed by atoms with Crippen LogP contribution >= 0.6 is 0 Å². The van der Waals surface area contributed by atoms with Gasteiger partial charge in [0.2, 0.25) is 5.88 Å². The molecule has 3 rings (SSSR count). The lowest BCUT2D eigenvalue weighted by atomic mass is 10.1. The molecule has 0 spiro atoms. The Bertz CT molecular complexity index is 823. The van der Waals surface area contributed by atoms with Gasteiger partial charge in [0.1, 0.15) is 0 Å². The number of hydrogen-bond acceptors (Lipinski definition) is 4. The normalized spacial score (nSPS) is 11.4. The molecule has 2 aromatic heterocycles. The first-order valence-corrected chi connectivity index (χ1v) is 8.99. The predicted molar refractivity (Wildman–Crippen MR) is 101 cm³/mol. The highest BCUT2D eigenvalue weighted by atomic mass is 16.5. The summed E-state index contributed by atoms with van der Waals surface area (Å²) < 4.78 is 7.72. The van der Waals surface area contributed by atoms with E-state index in [0.717, 1.165) is 43.0 Å². The van der Waals surface area contributed by atoms with Crippen molar-refractivity contribution in [3.63, 3.8) is 0 Å². The highest BCUT2D eigenvalue weighted by Gasteiger charge is 2.10. The molecule has 3 aromatic rings. The number of nitrogens with zero attached hydrogens (tertiary/aromatic N) is 4. The van der Waals surface area contributed by atoms with Crippen molar-refractivity contribution in [2.24, 2.45) is 0 Å². The number of hydrogen-bond donors (Lipinski definition) is 0. The van der Waals surface area contributed by atoms with E-state index in [0.29, 0.717) is 12.5 Å². The van der Waals surface area contributed by atoms with Crippen molar-refractivity contribution in [1.29, 1.82) is 0 Å². The summed E-state index contributed by atoms with van der Waals surface area (Å²) in [4.78, 5) is 6.85. The molecule has 0 aliphatic heterocycles. The summed E-state index contributed by atoms with van der Waals surface area (Å²) in [5, 5.41) is 4.63. The molecule has 0 aliphatic rings. The number of imidazole rings is 1. The van der Waals surface area contributed by atoms with Gasteiger partial charge in [0.25, 0.3) is 0 Å². The number of aromatic nitrogens is 3. The Morgan fingerprint density at radius 1 is 1.08 bits per heavy atom. The summed E-state index contributed by atoms with van der Waals surface area (Å²) in [7, 11) is 0. The van der Waals surface area contributed by atoms with Gasteiger partial charge in [-0.25, -0.2) is 9.50 Å². The van der Waals surface area contributed by atoms with Crippen LogP contribution in [0.5, 0.6) is 5.88 Å². The van der Waals surface area contributed by atoms with E-state index in [1.807, 2.05) is 35.0 Å². The summed E-state index contributed by atoms with van der Waals surface area (Å²) in [6, 6.07) is 12.1. The molecule has 0 amide bonds. The first-order valence-electron chi connectivity index (χ1n) is 8.99. The fraction of sp³-hybridized carbons (Fsp3) is 0.400. The third-order valence-corrected chi connectivity index (χ3v) is 4.52. The molecule has 0 atom stereocenters. The number of ether oxygens (including phenoxy) is 1. The number of rotatable bonds is 8. The van der Waals surface area contributed by atoms with Crippen LogP contribution < -0.4 is 4.74 Å². The monoisotopic (exact) mass is 338 g/mol. The standard InChI is InChI=1S/C20H26N4O/c1-4-23(5-2)13-8-14-25-20-12-11-19-21-15-18(24(19)22-20)17-10-7-6-9-16(17)3/h6-7,9-12,15H,4-5,8,13-14H2,1-3H3. The summed E-state index contributed by atoms with van der Waals surface area (Å²) in [6.45, 7) is 10.4. The fourth-order valence-corrected chi connectivity index (χ4v) is 2.98. The summed E-state index contributed by atoms with van der Waals surface area (Å²) in [6.07, 6.45) is 2.87. The predicted octanol–water partition coefficient (Wildman–Crippen LogP) is 3.82. The van der Waals surface area contributed by atoms with E-state index in [4.69, 9.17) is 4.74 Å². The minimum Gasteiger partial charge on any atom is -0.477 e. The molecule has 25 heavy (non-hydrogen) atoms. The second kappa shape index (κ2) is 8.12. The van der Waals surface area contributed by atoms with Gasteiger partial charge in [-0.3, -0.25) is 0 Å². The Kier molecular flexibility index (Phi) is 5.66. The summed E-state index contributed by atoms with van der Waals surface area (Å²) >= 11 is 0. The van der Waals surface area contributed by atoms with E-state index in [1.165, 1.54) is 5.56 Å². The Morgan fingerprint density at radius 3 is 2.64 bits per heavy atom. The van der Waals surface area contributed by atoms with Gasteiger partial charge >= 0.3 is 0 Å². The summed E-state index contributed by atoms with van der Waals surface area (Å²) in [5.74, 6) is 0.639. The van der Waals surface area contributed by atoms with Crippen molar-refractivity contribution < 1.29 is 4.74 Å². The third kappa shape index (κ3) is 3.99. The van der Waals surface area contributed by atoms with Crippen molar-refractivity contribution in [2.75, 3.05) is 26.2 Å². The number of benzene rings is 1. The third-order valence-electron chi connectivity index (χ3n) is 4.52. The molecule has 0 fully saturated rings. The number of fused-ring (bicyclic) bond motifs is 1. The molecule has 0 aliphatic carbocycles. The highest BCUT2D eigenvalue weighted by Crippen LogP contribution is 2.24. The zero-order valence-electron chi connectivity index (χ0n) is 15.3. The van der Waals surface area contributed by atoms with Gasteiger partial charge < -0.3 is 9.64 Å². The first kappa shape index (κ1) is 17.4.